The number of carbonyl (C=O) groups excluding carboxylic acids is 2. The summed E-state index contributed by atoms with van der Waals surface area (Å²) in [6, 6.07) is 15.0. The van der Waals surface area contributed by atoms with Gasteiger partial charge < -0.3 is 25.6 Å². The number of carbonyl (C=O) groups is 3. The minimum absolute atomic E-state index is 0.000511. The molecule has 4 unspecified atom stereocenters. The van der Waals surface area contributed by atoms with E-state index in [9.17, 15) is 14.4 Å². The molecule has 0 aromatic heterocycles. The van der Waals surface area contributed by atoms with Crippen molar-refractivity contribution in [3.63, 3.8) is 0 Å². The monoisotopic (exact) mass is 464 g/mol. The molecular formula is C26H28N2O6. The Kier molecular flexibility index (Phi) is 6.00. The average Bonchev–Trinajstić information content (AvgIpc) is 3.34. The van der Waals surface area contributed by atoms with Crippen molar-refractivity contribution in [2.75, 3.05) is 13.2 Å². The highest BCUT2D eigenvalue weighted by molar-refractivity contribution is 5.85. The lowest BCUT2D eigenvalue weighted by atomic mass is 9.71. The van der Waals surface area contributed by atoms with E-state index >= 15 is 0 Å². The Labute approximate surface area is 197 Å². The number of amides is 2. The predicted octanol–water partition coefficient (Wildman–Crippen LogP) is 2.50. The van der Waals surface area contributed by atoms with Gasteiger partial charge in [-0.15, -0.1) is 0 Å². The Morgan fingerprint density at radius 2 is 1.62 bits per heavy atom. The molecule has 0 radical (unpaired) electrons. The molecule has 2 amide bonds. The number of aliphatic hydroxyl groups excluding tert-OH is 1. The third-order valence-corrected chi connectivity index (χ3v) is 7.64. The second-order valence-corrected chi connectivity index (χ2v) is 9.49. The maximum atomic E-state index is 12.6. The van der Waals surface area contributed by atoms with Gasteiger partial charge >= 0.3 is 12.1 Å². The van der Waals surface area contributed by atoms with Crippen molar-refractivity contribution >= 4 is 18.0 Å². The number of benzene rings is 2. The van der Waals surface area contributed by atoms with E-state index < -0.39 is 24.7 Å². The zero-order chi connectivity index (χ0) is 23.8. The summed E-state index contributed by atoms with van der Waals surface area (Å²) in [6.45, 7) is -0.393. The number of aliphatic hydroxyl groups is 1. The summed E-state index contributed by atoms with van der Waals surface area (Å²) in [5.74, 6) is -1.42. The van der Waals surface area contributed by atoms with Crippen LogP contribution >= 0.6 is 0 Å². The molecule has 0 heterocycles. The summed E-state index contributed by atoms with van der Waals surface area (Å²) in [5.41, 5.74) is 4.67. The van der Waals surface area contributed by atoms with Gasteiger partial charge in [0.25, 0.3) is 0 Å². The zero-order valence-corrected chi connectivity index (χ0v) is 18.6. The van der Waals surface area contributed by atoms with E-state index in [-0.39, 0.29) is 36.3 Å². The van der Waals surface area contributed by atoms with Crippen molar-refractivity contribution < 1.29 is 29.3 Å². The van der Waals surface area contributed by atoms with Crippen molar-refractivity contribution in [2.24, 2.45) is 17.8 Å². The number of aliphatic carboxylic acids is 1. The number of ether oxygens (including phenoxy) is 1. The normalized spacial score (nSPS) is 25.3. The molecule has 3 aliphatic carbocycles. The second-order valence-electron chi connectivity index (χ2n) is 9.49. The highest BCUT2D eigenvalue weighted by atomic mass is 16.5. The maximum Gasteiger partial charge on any atom is 0.407 e. The van der Waals surface area contributed by atoms with Crippen LogP contribution in [-0.2, 0) is 14.3 Å². The molecule has 2 saturated carbocycles. The highest BCUT2D eigenvalue weighted by Gasteiger charge is 2.50. The van der Waals surface area contributed by atoms with Crippen molar-refractivity contribution in [2.45, 2.75) is 37.3 Å². The fourth-order valence-corrected chi connectivity index (χ4v) is 5.87. The molecule has 2 aromatic rings. The van der Waals surface area contributed by atoms with E-state index in [1.807, 2.05) is 24.3 Å². The number of hydrogen-bond donors (Lipinski definition) is 4. The van der Waals surface area contributed by atoms with Crippen LogP contribution in [0.25, 0.3) is 11.1 Å². The lowest BCUT2D eigenvalue weighted by Gasteiger charge is -2.40. The quantitative estimate of drug-likeness (QED) is 0.499. The van der Waals surface area contributed by atoms with Crippen LogP contribution < -0.4 is 10.6 Å². The van der Waals surface area contributed by atoms with Gasteiger partial charge in [-0.1, -0.05) is 48.5 Å². The summed E-state index contributed by atoms with van der Waals surface area (Å²) in [6.07, 6.45) is 1.57. The Hall–Kier alpha value is -3.39. The molecule has 2 fully saturated rings. The lowest BCUT2D eigenvalue weighted by Crippen LogP contribution is -2.50. The molecule has 34 heavy (non-hydrogen) atoms. The topological polar surface area (TPSA) is 125 Å². The number of alkyl carbamates (subject to hydrolysis) is 1. The average molecular weight is 465 g/mol. The van der Waals surface area contributed by atoms with Gasteiger partial charge in [-0.3, -0.25) is 4.79 Å². The van der Waals surface area contributed by atoms with E-state index in [2.05, 4.69) is 34.9 Å². The number of carboxylic acids is 1. The largest absolute Gasteiger partial charge is 0.480 e. The van der Waals surface area contributed by atoms with E-state index in [1.165, 1.54) is 11.1 Å². The van der Waals surface area contributed by atoms with Gasteiger partial charge in [0.15, 0.2) is 0 Å². The third-order valence-electron chi connectivity index (χ3n) is 7.64. The van der Waals surface area contributed by atoms with Gasteiger partial charge in [0.2, 0.25) is 5.91 Å². The Morgan fingerprint density at radius 1 is 0.971 bits per heavy atom. The zero-order valence-electron chi connectivity index (χ0n) is 18.6. The van der Waals surface area contributed by atoms with Crippen molar-refractivity contribution in [3.8, 4) is 11.1 Å². The molecule has 8 nitrogen and oxygen atoms in total. The standard InChI is InChI=1S/C26H28N2O6/c29-12-23(25(31)32)27-24(30)15-9-14-11-22(20(14)10-15)28-26(33)34-13-21-18-7-3-1-5-16(18)17-6-2-4-8-19(17)21/h1-8,14-15,20-23,29H,9-13H2,(H,27,30)(H,28,33)(H,31,32)/t14?,15?,20?,22?,23-/m1/s1. The molecule has 5 rings (SSSR count). The summed E-state index contributed by atoms with van der Waals surface area (Å²) >= 11 is 0. The summed E-state index contributed by atoms with van der Waals surface area (Å²) in [5, 5.41) is 23.5. The van der Waals surface area contributed by atoms with Crippen molar-refractivity contribution in [1.29, 1.82) is 0 Å². The van der Waals surface area contributed by atoms with Gasteiger partial charge in [0.1, 0.15) is 12.6 Å². The van der Waals surface area contributed by atoms with Crippen LogP contribution in [0.2, 0.25) is 0 Å². The van der Waals surface area contributed by atoms with Crippen molar-refractivity contribution in [1.82, 2.24) is 10.6 Å². The second kappa shape index (κ2) is 9.10. The van der Waals surface area contributed by atoms with Crippen LogP contribution in [-0.4, -0.2) is 53.5 Å². The molecule has 3 aliphatic rings. The van der Waals surface area contributed by atoms with E-state index in [4.69, 9.17) is 14.9 Å². The summed E-state index contributed by atoms with van der Waals surface area (Å²) < 4.78 is 5.64. The number of carboxylic acid groups (broad SMARTS) is 1. The van der Waals surface area contributed by atoms with Gasteiger partial charge in [-0.05, 0) is 53.4 Å². The number of fused-ring (bicyclic) bond motifs is 4. The maximum absolute atomic E-state index is 12.6. The fourth-order valence-electron chi connectivity index (χ4n) is 5.87. The summed E-state index contributed by atoms with van der Waals surface area (Å²) in [4.78, 5) is 36.1. The third kappa shape index (κ3) is 4.03. The molecule has 4 N–H and O–H groups in total. The molecule has 178 valence electrons. The SMILES string of the molecule is O=C(NC1CC2CC(C(=O)N[C@H](CO)C(=O)O)CC21)OCC1c2ccccc2-c2ccccc21. The first kappa shape index (κ1) is 22.4. The first-order valence-electron chi connectivity index (χ1n) is 11.7. The van der Waals surface area contributed by atoms with Gasteiger partial charge in [0, 0.05) is 17.9 Å². The van der Waals surface area contributed by atoms with E-state index in [0.717, 1.165) is 17.5 Å². The van der Waals surface area contributed by atoms with Crippen LogP contribution in [0, 0.1) is 17.8 Å². The van der Waals surface area contributed by atoms with E-state index in [0.29, 0.717) is 18.8 Å². The predicted molar refractivity (Wildman–Crippen MR) is 123 cm³/mol. The van der Waals surface area contributed by atoms with Gasteiger partial charge in [-0.2, -0.15) is 0 Å². The Bertz CT molecular complexity index is 1070. The molecule has 0 bridgehead atoms. The minimum Gasteiger partial charge on any atom is -0.480 e. The fraction of sp³-hybridized carbons (Fsp3) is 0.423. The molecule has 2 aromatic carbocycles. The molecule has 8 heteroatoms. The first-order chi connectivity index (χ1) is 16.5. The minimum atomic E-state index is -1.29. The Morgan fingerprint density at radius 3 is 2.24 bits per heavy atom. The molecule has 0 spiro atoms. The first-order valence-corrected chi connectivity index (χ1v) is 11.7. The Balaban J connectivity index is 1.14. The van der Waals surface area contributed by atoms with Crippen LogP contribution in [0.4, 0.5) is 4.79 Å². The van der Waals surface area contributed by atoms with Crippen LogP contribution in [0.3, 0.4) is 0 Å². The lowest BCUT2D eigenvalue weighted by molar-refractivity contribution is -0.143. The number of rotatable bonds is 7. The molecule has 0 saturated heterocycles. The van der Waals surface area contributed by atoms with Gasteiger partial charge in [0.05, 0.1) is 6.61 Å². The molecule has 0 aliphatic heterocycles. The number of nitrogens with one attached hydrogen (secondary N) is 2. The molecule has 5 atom stereocenters. The van der Waals surface area contributed by atoms with Crippen LogP contribution in [0.1, 0.15) is 36.3 Å². The summed E-state index contributed by atoms with van der Waals surface area (Å²) in [7, 11) is 0. The van der Waals surface area contributed by atoms with E-state index in [1.54, 1.807) is 0 Å². The smallest absolute Gasteiger partial charge is 0.407 e. The van der Waals surface area contributed by atoms with Crippen molar-refractivity contribution in [3.05, 3.63) is 59.7 Å². The number of hydrogen-bond acceptors (Lipinski definition) is 5. The molecular weight excluding hydrogens is 436 g/mol. The van der Waals surface area contributed by atoms with Gasteiger partial charge in [-0.25, -0.2) is 9.59 Å². The highest BCUT2D eigenvalue weighted by Crippen LogP contribution is 2.50. The van der Waals surface area contributed by atoms with Crippen LogP contribution in [0.15, 0.2) is 48.5 Å². The van der Waals surface area contributed by atoms with Crippen LogP contribution in [0.5, 0.6) is 0 Å².